The van der Waals surface area contributed by atoms with E-state index in [2.05, 4.69) is 93.7 Å². The topological polar surface area (TPSA) is 160 Å². The van der Waals surface area contributed by atoms with Crippen molar-refractivity contribution in [1.29, 1.82) is 0 Å². The molecule has 2 aromatic carbocycles. The minimum absolute atomic E-state index is 0.0221. The van der Waals surface area contributed by atoms with E-state index in [1.807, 2.05) is 25.3 Å². The van der Waals surface area contributed by atoms with Crippen molar-refractivity contribution >= 4 is 34.6 Å². The van der Waals surface area contributed by atoms with Crippen LogP contribution in [0, 0.1) is 22.7 Å². The lowest BCUT2D eigenvalue weighted by Gasteiger charge is -2.37. The number of amides is 3. The van der Waals surface area contributed by atoms with E-state index in [1.54, 1.807) is 12.1 Å². The van der Waals surface area contributed by atoms with Crippen LogP contribution in [0.2, 0.25) is 0 Å². The van der Waals surface area contributed by atoms with Gasteiger partial charge in [0.25, 0.3) is 5.91 Å². The third-order valence-electron chi connectivity index (χ3n) is 17.4. The fourth-order valence-corrected chi connectivity index (χ4v) is 13.3. The summed E-state index contributed by atoms with van der Waals surface area (Å²) in [7, 11) is 1.71. The van der Waals surface area contributed by atoms with Gasteiger partial charge in [-0.25, -0.2) is 5.43 Å². The van der Waals surface area contributed by atoms with Gasteiger partial charge in [0.1, 0.15) is 18.1 Å². The van der Waals surface area contributed by atoms with Gasteiger partial charge in [-0.05, 0) is 137 Å². The van der Waals surface area contributed by atoms with Crippen molar-refractivity contribution < 1.29 is 28.7 Å². The number of rotatable bonds is 10. The summed E-state index contributed by atoms with van der Waals surface area (Å²) in [5.74, 6) is 0.352. The number of hydrogen-bond acceptors (Lipinski definition) is 10. The summed E-state index contributed by atoms with van der Waals surface area (Å²) in [4.78, 5) is 67.2. The Balaban J connectivity index is 0.921. The Morgan fingerprint density at radius 3 is 2.54 bits per heavy atom. The number of carbonyl (C=O) groups is 4. The maximum Gasteiger partial charge on any atom is 0.324 e. The van der Waals surface area contributed by atoms with Crippen molar-refractivity contribution in [3.63, 3.8) is 0 Å². The second-order valence-corrected chi connectivity index (χ2v) is 23.1. The van der Waals surface area contributed by atoms with Gasteiger partial charge >= 0.3 is 5.97 Å². The second-order valence-electron chi connectivity index (χ2n) is 23.1. The maximum atomic E-state index is 15.2. The number of esters is 1. The molecule has 4 saturated heterocycles. The highest BCUT2D eigenvalue weighted by atomic mass is 16.5. The molecule has 5 aliphatic heterocycles. The molecule has 2 aliphatic carbocycles. The van der Waals surface area contributed by atoms with Crippen LogP contribution in [0.3, 0.4) is 0 Å². The Labute approximate surface area is 418 Å². The molecule has 0 radical (unpaired) electrons. The molecule has 6 fully saturated rings. The lowest BCUT2D eigenvalue weighted by atomic mass is 9.84. The highest BCUT2D eigenvalue weighted by Gasteiger charge is 2.55. The molecule has 2 unspecified atom stereocenters. The van der Waals surface area contributed by atoms with Crippen molar-refractivity contribution in [2.45, 2.75) is 148 Å². The number of hydrazine groups is 1. The van der Waals surface area contributed by atoms with Crippen molar-refractivity contribution in [3.05, 3.63) is 77.6 Å². The molecule has 14 nitrogen and oxygen atoms in total. The van der Waals surface area contributed by atoms with Gasteiger partial charge in [-0.1, -0.05) is 57.0 Å². The molecule has 6 bridgehead atoms. The van der Waals surface area contributed by atoms with E-state index in [0.717, 1.165) is 121 Å². The Hall–Kier alpha value is -5.15. The normalized spacial score (nSPS) is 28.0. The minimum atomic E-state index is -0.887. The standard InChI is InChI=1S/C57H74N8O6/c1-6-64-46-21-20-40-30-42(46)43(51(64)41-16-10-24-58-47(41)35(2)70-5)31-56(3,4)34-71-55(69)44-17-11-25-65(61-44)53(67)45(29-36-12-9-15-39(40)28-36)59-52(66)50(38-13-7-8-14-38)62-26-22-57(32-62)23-27-63(33-57)54(68)49-48(60-49)37-18-19-37/h9-10,12,15-16,20-21,24,28,30,35,37-38,44-45,48-50,60-61H,6-8,11,13-14,17-19,22-23,25-27,29,31-34H2,1-5H3,(H,59,66)/t35-,44-,45-,48?,49+,50?,57-/m0/s1. The molecule has 1 spiro atoms. The first kappa shape index (κ1) is 48.1. The van der Waals surface area contributed by atoms with Gasteiger partial charge < -0.3 is 24.3 Å². The monoisotopic (exact) mass is 967 g/mol. The number of nitrogens with one attached hydrogen (secondary N) is 3. The molecule has 2 saturated carbocycles. The Kier molecular flexibility index (Phi) is 13.1. The number of hydrogen-bond donors (Lipinski definition) is 3. The first-order chi connectivity index (χ1) is 34.3. The van der Waals surface area contributed by atoms with Crippen LogP contribution in [0.15, 0.2) is 60.8 Å². The van der Waals surface area contributed by atoms with E-state index >= 15 is 9.59 Å². The summed E-state index contributed by atoms with van der Waals surface area (Å²) >= 11 is 0. The van der Waals surface area contributed by atoms with Gasteiger partial charge in [0, 0.05) is 85.8 Å². The molecule has 3 amide bonds. The molecule has 7 atom stereocenters. The van der Waals surface area contributed by atoms with Gasteiger partial charge in [-0.2, -0.15) is 0 Å². The zero-order valence-corrected chi connectivity index (χ0v) is 42.5. The Morgan fingerprint density at radius 2 is 1.75 bits per heavy atom. The molecule has 14 heteroatoms. The molecule has 7 aliphatic rings. The minimum Gasteiger partial charge on any atom is -0.464 e. The first-order valence-electron chi connectivity index (χ1n) is 26.9. The average molecular weight is 967 g/mol. The van der Waals surface area contributed by atoms with E-state index < -0.39 is 17.5 Å². The zero-order chi connectivity index (χ0) is 49.2. The lowest BCUT2D eigenvalue weighted by Crippen LogP contribution is -2.62. The summed E-state index contributed by atoms with van der Waals surface area (Å²) in [6.07, 6.45) is 12.1. The number of pyridine rings is 1. The molecule has 7 heterocycles. The highest BCUT2D eigenvalue weighted by Crippen LogP contribution is 2.46. The van der Waals surface area contributed by atoms with Crippen LogP contribution in [0.4, 0.5) is 0 Å². The third-order valence-corrected chi connectivity index (χ3v) is 17.4. The van der Waals surface area contributed by atoms with Crippen molar-refractivity contribution in [2.75, 3.05) is 46.4 Å². The first-order valence-corrected chi connectivity index (χ1v) is 26.9. The number of aryl methyl sites for hydroxylation is 1. The average Bonchev–Trinajstić information content (AvgIpc) is 4.19. The predicted molar refractivity (Wildman–Crippen MR) is 273 cm³/mol. The largest absolute Gasteiger partial charge is 0.464 e. The number of ether oxygens (including phenoxy) is 2. The fourth-order valence-electron chi connectivity index (χ4n) is 13.3. The van der Waals surface area contributed by atoms with Crippen molar-refractivity contribution in [2.24, 2.45) is 22.7 Å². The van der Waals surface area contributed by atoms with Crippen LogP contribution in [0.1, 0.15) is 115 Å². The molecule has 71 heavy (non-hydrogen) atoms. The molecule has 4 aromatic rings. The van der Waals surface area contributed by atoms with Gasteiger partial charge in [-0.3, -0.25) is 39.4 Å². The summed E-state index contributed by atoms with van der Waals surface area (Å²) in [6.45, 7) is 12.9. The number of nitrogens with zero attached hydrogens (tertiary/aromatic N) is 5. The summed E-state index contributed by atoms with van der Waals surface area (Å²) in [6, 6.07) is 17.5. The fraction of sp³-hybridized carbons (Fsp3) is 0.596. The number of fused-ring (bicyclic) bond motifs is 6. The summed E-state index contributed by atoms with van der Waals surface area (Å²) in [5.41, 5.74) is 11.0. The number of aromatic nitrogens is 2. The highest BCUT2D eigenvalue weighted by molar-refractivity contribution is 5.96. The second kappa shape index (κ2) is 19.4. The third kappa shape index (κ3) is 9.54. The van der Waals surface area contributed by atoms with E-state index in [4.69, 9.17) is 14.5 Å². The predicted octanol–water partition coefficient (Wildman–Crippen LogP) is 6.98. The van der Waals surface area contributed by atoms with Gasteiger partial charge in [0.2, 0.25) is 11.8 Å². The van der Waals surface area contributed by atoms with E-state index in [-0.39, 0.29) is 66.2 Å². The Morgan fingerprint density at radius 1 is 0.944 bits per heavy atom. The number of benzene rings is 2. The van der Waals surface area contributed by atoms with E-state index in [9.17, 15) is 9.59 Å². The Bertz CT molecular complexity index is 2690. The van der Waals surface area contributed by atoms with Gasteiger partial charge in [0.15, 0.2) is 0 Å². The smallest absolute Gasteiger partial charge is 0.324 e. The SMILES string of the molecule is CCn1c(-c2cccnc2[C@H](C)OC)c2c3cc(ccc31)-c1cccc(c1)C[C@H](NC(=O)C(C1CCCC1)N1CC[C@]3(CCN(C(=O)[C@@H]4NC4C4CC4)C3)C1)C(=O)N1CCC[C@H](N1)C(=O)OCC(C)(C)C2. The van der Waals surface area contributed by atoms with Crippen molar-refractivity contribution in [3.8, 4) is 22.4 Å². The summed E-state index contributed by atoms with van der Waals surface area (Å²) in [5, 5.41) is 9.53. The van der Waals surface area contributed by atoms with Gasteiger partial charge in [-0.15, -0.1) is 0 Å². The molecule has 11 rings (SSSR count). The van der Waals surface area contributed by atoms with Crippen LogP contribution in [-0.4, -0.2) is 125 Å². The lowest BCUT2D eigenvalue weighted by molar-refractivity contribution is -0.155. The van der Waals surface area contributed by atoms with Crippen LogP contribution in [0.25, 0.3) is 33.3 Å². The molecule has 378 valence electrons. The number of cyclic esters (lactones) is 1. The van der Waals surface area contributed by atoms with Crippen LogP contribution >= 0.6 is 0 Å². The number of carbonyl (C=O) groups excluding carboxylic acids is 4. The number of likely N-dealkylation sites (tertiary alicyclic amines) is 2. The quantitative estimate of drug-likeness (QED) is 0.112. The van der Waals surface area contributed by atoms with Crippen LogP contribution in [0.5, 0.6) is 0 Å². The van der Waals surface area contributed by atoms with Crippen molar-refractivity contribution in [1.82, 2.24) is 40.4 Å². The summed E-state index contributed by atoms with van der Waals surface area (Å²) < 4.78 is 14.4. The van der Waals surface area contributed by atoms with E-state index in [0.29, 0.717) is 37.8 Å². The molecule has 3 N–H and O–H groups in total. The maximum absolute atomic E-state index is 15.2. The zero-order valence-electron chi connectivity index (χ0n) is 42.5. The van der Waals surface area contributed by atoms with Crippen LogP contribution < -0.4 is 16.1 Å². The number of methoxy groups -OCH3 is 1. The molecular formula is C57H74N8O6. The van der Waals surface area contributed by atoms with Gasteiger partial charge in [0.05, 0.1) is 30.1 Å². The molecular weight excluding hydrogens is 893 g/mol. The van der Waals surface area contributed by atoms with Crippen LogP contribution in [-0.2, 0) is 48.0 Å². The molecule has 2 aromatic heterocycles. The van der Waals surface area contributed by atoms with E-state index in [1.165, 1.54) is 12.8 Å².